The molecule has 0 radical (unpaired) electrons. The largest absolute Gasteiger partial charge is 0.494 e. The number of nitrogens with zero attached hydrogens (tertiary/aromatic N) is 1. The molecule has 0 aliphatic carbocycles. The van der Waals surface area contributed by atoms with E-state index in [0.29, 0.717) is 41.5 Å². The van der Waals surface area contributed by atoms with Gasteiger partial charge in [0.25, 0.3) is 0 Å². The van der Waals surface area contributed by atoms with Crippen LogP contribution in [0.1, 0.15) is 74.2 Å². The zero-order valence-electron chi connectivity index (χ0n) is 23.6. The molecule has 1 aliphatic heterocycles. The van der Waals surface area contributed by atoms with E-state index in [1.54, 1.807) is 25.1 Å². The van der Waals surface area contributed by atoms with Crippen LogP contribution in [0.15, 0.2) is 24.3 Å². The molecule has 1 amide bonds. The fourth-order valence-electron chi connectivity index (χ4n) is 4.43. The topological polar surface area (TPSA) is 101 Å². The van der Waals surface area contributed by atoms with E-state index in [1.165, 1.54) is 0 Å². The van der Waals surface area contributed by atoms with Gasteiger partial charge in [-0.2, -0.15) is 0 Å². The van der Waals surface area contributed by atoms with Gasteiger partial charge in [-0.05, 0) is 56.0 Å². The van der Waals surface area contributed by atoms with Crippen molar-refractivity contribution < 1.29 is 23.8 Å². The third-order valence-corrected chi connectivity index (χ3v) is 6.23. The molecule has 8 nitrogen and oxygen atoms in total. The zero-order valence-corrected chi connectivity index (χ0v) is 25.3. The fraction of sp³-hybridized carbons (Fsp3) is 0.483. The lowest BCUT2D eigenvalue weighted by Crippen LogP contribution is -2.30. The van der Waals surface area contributed by atoms with Crippen LogP contribution in [-0.2, 0) is 23.2 Å². The molecule has 2 aromatic rings. The van der Waals surface area contributed by atoms with Gasteiger partial charge in [-0.3, -0.25) is 15.0 Å². The Kier molecular flexibility index (Phi) is 10.4. The number of amides is 1. The van der Waals surface area contributed by atoms with E-state index in [0.717, 1.165) is 16.7 Å². The standard InChI is InChI=1S/C29H39N3O5.BrH/c1-9-36-24-13-20-15-32(28(30)21(20)10-19(24)14-26(34)31-7)16-23(33)18-11-22(29(4,5)6)27(35-8)25(12-18)37-17(2)3;/h10-13,17,30H,9,14-16H2,1-8H3,(H,31,34);1H. The number of nitrogens with one attached hydrogen (secondary N) is 2. The van der Waals surface area contributed by atoms with Crippen LogP contribution in [0.4, 0.5) is 0 Å². The monoisotopic (exact) mass is 589 g/mol. The number of likely N-dealkylation sites (N-methyl/N-ethyl adjacent to an activating group) is 1. The van der Waals surface area contributed by atoms with Gasteiger partial charge in [0.2, 0.25) is 5.91 Å². The minimum Gasteiger partial charge on any atom is -0.494 e. The Hall–Kier alpha value is -3.07. The number of amidine groups is 1. The van der Waals surface area contributed by atoms with Gasteiger partial charge in [0, 0.05) is 35.8 Å². The second-order valence-electron chi connectivity index (χ2n) is 10.5. The quantitative estimate of drug-likeness (QED) is 0.375. The maximum absolute atomic E-state index is 13.5. The van der Waals surface area contributed by atoms with Crippen molar-refractivity contribution in [3.63, 3.8) is 0 Å². The Morgan fingerprint density at radius 3 is 2.37 bits per heavy atom. The van der Waals surface area contributed by atoms with Crippen molar-refractivity contribution in [3.8, 4) is 17.2 Å². The Labute approximate surface area is 236 Å². The molecule has 1 aliphatic rings. The predicted octanol–water partition coefficient (Wildman–Crippen LogP) is 5.07. The first-order chi connectivity index (χ1) is 17.4. The Morgan fingerprint density at radius 1 is 1.13 bits per heavy atom. The highest BCUT2D eigenvalue weighted by Gasteiger charge is 2.30. The number of fused-ring (bicyclic) bond motifs is 1. The Balaban J connectivity index is 0.00000507. The van der Waals surface area contributed by atoms with Crippen LogP contribution < -0.4 is 19.5 Å². The summed E-state index contributed by atoms with van der Waals surface area (Å²) in [6.07, 6.45) is 0.0719. The lowest BCUT2D eigenvalue weighted by atomic mass is 9.84. The summed E-state index contributed by atoms with van der Waals surface area (Å²) < 4.78 is 17.5. The minimum atomic E-state index is -0.274. The van der Waals surface area contributed by atoms with E-state index >= 15 is 0 Å². The first-order valence-electron chi connectivity index (χ1n) is 12.6. The molecule has 1 heterocycles. The Morgan fingerprint density at radius 2 is 1.82 bits per heavy atom. The van der Waals surface area contributed by atoms with Gasteiger partial charge in [-0.1, -0.05) is 20.8 Å². The molecule has 0 saturated heterocycles. The van der Waals surface area contributed by atoms with Crippen LogP contribution in [-0.4, -0.2) is 55.8 Å². The second-order valence-corrected chi connectivity index (χ2v) is 10.5. The maximum atomic E-state index is 13.5. The number of hydrogen-bond donors (Lipinski definition) is 2. The summed E-state index contributed by atoms with van der Waals surface area (Å²) in [6.45, 7) is 12.9. The van der Waals surface area contributed by atoms with Gasteiger partial charge in [0.1, 0.15) is 11.6 Å². The van der Waals surface area contributed by atoms with Crippen LogP contribution in [0, 0.1) is 5.41 Å². The van der Waals surface area contributed by atoms with Crippen molar-refractivity contribution in [2.24, 2.45) is 0 Å². The molecule has 0 saturated carbocycles. The lowest BCUT2D eigenvalue weighted by molar-refractivity contribution is -0.119. The molecule has 208 valence electrons. The number of carbonyl (C=O) groups is 2. The van der Waals surface area contributed by atoms with E-state index in [1.807, 2.05) is 39.0 Å². The number of benzene rings is 2. The number of methoxy groups -OCH3 is 1. The molecule has 0 atom stereocenters. The molecule has 0 fully saturated rings. The van der Waals surface area contributed by atoms with Crippen molar-refractivity contribution in [2.45, 2.75) is 66.0 Å². The van der Waals surface area contributed by atoms with Crippen LogP contribution >= 0.6 is 17.0 Å². The average molecular weight is 591 g/mol. The fourth-order valence-corrected chi connectivity index (χ4v) is 4.43. The molecule has 0 aromatic heterocycles. The number of hydrogen-bond acceptors (Lipinski definition) is 6. The number of rotatable bonds is 10. The van der Waals surface area contributed by atoms with Gasteiger partial charge < -0.3 is 24.4 Å². The van der Waals surface area contributed by atoms with Gasteiger partial charge in [-0.25, -0.2) is 0 Å². The molecule has 38 heavy (non-hydrogen) atoms. The van der Waals surface area contributed by atoms with Crippen molar-refractivity contribution in [1.82, 2.24) is 10.2 Å². The van der Waals surface area contributed by atoms with Crippen molar-refractivity contribution in [3.05, 3.63) is 52.1 Å². The third-order valence-electron chi connectivity index (χ3n) is 6.23. The molecule has 2 N–H and O–H groups in total. The summed E-state index contributed by atoms with van der Waals surface area (Å²) >= 11 is 0. The van der Waals surface area contributed by atoms with Crippen molar-refractivity contribution in [2.75, 3.05) is 27.3 Å². The average Bonchev–Trinajstić information content (AvgIpc) is 3.11. The number of carbonyl (C=O) groups excluding carboxylic acids is 2. The van der Waals surface area contributed by atoms with Crippen molar-refractivity contribution in [1.29, 1.82) is 5.41 Å². The van der Waals surface area contributed by atoms with Crippen LogP contribution in [0.5, 0.6) is 17.2 Å². The van der Waals surface area contributed by atoms with Gasteiger partial charge in [0.15, 0.2) is 17.3 Å². The summed E-state index contributed by atoms with van der Waals surface area (Å²) in [5.41, 5.74) is 3.46. The predicted molar refractivity (Wildman–Crippen MR) is 155 cm³/mol. The van der Waals surface area contributed by atoms with Crippen LogP contribution in [0.25, 0.3) is 0 Å². The first-order valence-corrected chi connectivity index (χ1v) is 12.6. The maximum Gasteiger partial charge on any atom is 0.224 e. The molecule has 3 rings (SSSR count). The van der Waals surface area contributed by atoms with Crippen LogP contribution in [0.3, 0.4) is 0 Å². The smallest absolute Gasteiger partial charge is 0.224 e. The number of Topliss-reactive ketones (excluding diaryl/α,β-unsaturated/α-hetero) is 1. The van der Waals surface area contributed by atoms with E-state index in [9.17, 15) is 9.59 Å². The molecule has 9 heteroatoms. The summed E-state index contributed by atoms with van der Waals surface area (Å²) in [4.78, 5) is 27.3. The highest BCUT2D eigenvalue weighted by atomic mass is 79.9. The lowest BCUT2D eigenvalue weighted by Gasteiger charge is -2.26. The zero-order chi connectivity index (χ0) is 27.5. The molecule has 0 unspecified atom stereocenters. The second kappa shape index (κ2) is 12.7. The molecular weight excluding hydrogens is 550 g/mol. The summed E-state index contributed by atoms with van der Waals surface area (Å²) in [7, 11) is 3.20. The molecule has 0 bridgehead atoms. The van der Waals surface area contributed by atoms with Gasteiger partial charge in [-0.15, -0.1) is 17.0 Å². The van der Waals surface area contributed by atoms with E-state index in [-0.39, 0.29) is 59.0 Å². The van der Waals surface area contributed by atoms with E-state index in [2.05, 4.69) is 26.1 Å². The van der Waals surface area contributed by atoms with E-state index < -0.39 is 0 Å². The normalized spacial score (nSPS) is 12.7. The minimum absolute atomic E-state index is 0. The summed E-state index contributed by atoms with van der Waals surface area (Å²) in [5.74, 6) is 1.81. The highest BCUT2D eigenvalue weighted by Crippen LogP contribution is 2.40. The molecule has 2 aromatic carbocycles. The van der Waals surface area contributed by atoms with Crippen molar-refractivity contribution >= 4 is 34.5 Å². The number of ketones is 1. The highest BCUT2D eigenvalue weighted by molar-refractivity contribution is 8.93. The van der Waals surface area contributed by atoms with Gasteiger partial charge >= 0.3 is 0 Å². The SMILES string of the molecule is Br.CCOc1cc2c(cc1CC(=O)NC)C(=N)N(CC(=O)c1cc(OC(C)C)c(OC)c(C(C)(C)C)c1)C2. The first kappa shape index (κ1) is 31.1. The summed E-state index contributed by atoms with van der Waals surface area (Å²) in [6, 6.07) is 7.32. The number of ether oxygens (including phenoxy) is 3. The molecule has 0 spiro atoms. The number of halogens is 1. The Bertz CT molecular complexity index is 1200. The van der Waals surface area contributed by atoms with Gasteiger partial charge in [0.05, 0.1) is 32.8 Å². The molecular formula is C29H40BrN3O5. The van der Waals surface area contributed by atoms with Crippen LogP contribution in [0.2, 0.25) is 0 Å². The third kappa shape index (κ3) is 6.87. The van der Waals surface area contributed by atoms with E-state index in [4.69, 9.17) is 19.6 Å². The summed E-state index contributed by atoms with van der Waals surface area (Å²) in [5, 5.41) is 11.4.